The number of ether oxygens (including phenoxy) is 1. The van der Waals surface area contributed by atoms with Crippen LogP contribution < -0.4 is 4.74 Å². The molecule has 0 saturated heterocycles. The van der Waals surface area contributed by atoms with Crippen LogP contribution >= 0.6 is 0 Å². The average molecular weight is 756 g/mol. The zero-order chi connectivity index (χ0) is 42.4. The molecule has 0 aliphatic rings. The fraction of sp³-hybridized carbons (Fsp3) is 0.500. The average Bonchev–Trinajstić information content (AvgIpc) is 3.62. The van der Waals surface area contributed by atoms with E-state index in [1.54, 1.807) is 30.1 Å². The molecule has 0 atom stereocenters. The minimum Gasteiger partial charge on any atom is -0.497 e. The molecular formula is C50H81N3O2. The Hall–Kier alpha value is -4.25. The molecule has 0 bridgehead atoms. The van der Waals surface area contributed by atoms with Crippen LogP contribution in [0.2, 0.25) is 0 Å². The van der Waals surface area contributed by atoms with Crippen LogP contribution in [-0.4, -0.2) is 28.4 Å². The van der Waals surface area contributed by atoms with E-state index in [1.165, 1.54) is 54.4 Å². The number of Topliss-reactive ketones (excluding diaryl/α,β-unsaturated/α-hetero) is 1. The maximum Gasteiger partial charge on any atom is 0.185 e. The molecule has 0 spiro atoms. The van der Waals surface area contributed by atoms with Gasteiger partial charge in [0, 0.05) is 17.5 Å². The molecule has 0 saturated carbocycles. The summed E-state index contributed by atoms with van der Waals surface area (Å²) in [5.74, 6) is 0.865. The standard InChI is InChI=1S/C21H29N3O.C9H12O.C9H12.C5H12.C4H10.C2H6/c1-7-11-18(12-8-2)20-13-19(10-4)23-24(20)15-21(25)17(9-3)14-22-16(5)6;1-3-8-4-6-9(10-2)7-5-8;1-3-9-6-4-8(2)5-7-9;1-3-5-4-2;1-3-4-2;1-2/h9-11,13-14H,3-4,7-8,12,15H2,1-2,5-6H3;4-7H,3H2,1-2H3;4-7H,3H2,1-2H3;3-5H2,1-2H3;3-4H2,1-2H3;1-2H3/b17-14+,18-11?;;;;;. The number of nitrogens with zero attached hydrogens (tertiary/aromatic N) is 3. The van der Waals surface area contributed by atoms with Gasteiger partial charge in [-0.15, -0.1) is 0 Å². The maximum atomic E-state index is 12.6. The second-order valence-electron chi connectivity index (χ2n) is 12.9. The Balaban J connectivity index is -0.000000733. The highest BCUT2D eigenvalue weighted by Crippen LogP contribution is 2.23. The van der Waals surface area contributed by atoms with Crippen LogP contribution in [0.5, 0.6) is 5.75 Å². The molecule has 3 aromatic rings. The van der Waals surface area contributed by atoms with Gasteiger partial charge >= 0.3 is 0 Å². The smallest absolute Gasteiger partial charge is 0.185 e. The van der Waals surface area contributed by atoms with Crippen molar-refractivity contribution < 1.29 is 9.53 Å². The number of rotatable bonds is 16. The second kappa shape index (κ2) is 38.0. The molecule has 5 heteroatoms. The summed E-state index contributed by atoms with van der Waals surface area (Å²) >= 11 is 0. The van der Waals surface area contributed by atoms with E-state index in [9.17, 15) is 4.79 Å². The molecule has 2 aromatic carbocycles. The first-order valence-corrected chi connectivity index (χ1v) is 20.9. The minimum absolute atomic E-state index is 0.0627. The van der Waals surface area contributed by atoms with Crippen molar-refractivity contribution in [3.05, 3.63) is 120 Å². The molecule has 5 nitrogen and oxygen atoms in total. The van der Waals surface area contributed by atoms with E-state index < -0.39 is 0 Å². The topological polar surface area (TPSA) is 56.5 Å². The summed E-state index contributed by atoms with van der Waals surface area (Å²) < 4.78 is 6.77. The molecule has 0 N–H and O–H groups in total. The molecule has 0 aliphatic heterocycles. The summed E-state index contributed by atoms with van der Waals surface area (Å²) in [6.07, 6.45) is 18.9. The highest BCUT2D eigenvalue weighted by molar-refractivity contribution is 5.98. The van der Waals surface area contributed by atoms with Crippen molar-refractivity contribution in [2.45, 2.75) is 161 Å². The number of unbranched alkanes of at least 4 members (excludes halogenated alkanes) is 3. The summed E-state index contributed by atoms with van der Waals surface area (Å²) in [6.45, 7) is 34.9. The summed E-state index contributed by atoms with van der Waals surface area (Å²) in [5.41, 5.74) is 8.44. The summed E-state index contributed by atoms with van der Waals surface area (Å²) in [6, 6.07) is 18.8. The van der Waals surface area contributed by atoms with E-state index in [4.69, 9.17) is 4.74 Å². The number of carbonyl (C=O) groups is 1. The van der Waals surface area contributed by atoms with Gasteiger partial charge in [-0.3, -0.25) is 14.5 Å². The minimum atomic E-state index is -0.0627. The number of aryl methyl sites for hydroxylation is 3. The Morgan fingerprint density at radius 1 is 0.800 bits per heavy atom. The van der Waals surface area contributed by atoms with Crippen LogP contribution in [0.1, 0.15) is 163 Å². The predicted molar refractivity (Wildman–Crippen MR) is 248 cm³/mol. The van der Waals surface area contributed by atoms with E-state index in [1.807, 2.05) is 45.9 Å². The van der Waals surface area contributed by atoms with Gasteiger partial charge in [0.2, 0.25) is 0 Å². The lowest BCUT2D eigenvalue weighted by molar-refractivity contribution is -0.116. The Labute approximate surface area is 339 Å². The quantitative estimate of drug-likeness (QED) is 0.0831. The number of methoxy groups -OCH3 is 1. The maximum absolute atomic E-state index is 12.6. The first-order chi connectivity index (χ1) is 26.5. The van der Waals surface area contributed by atoms with E-state index >= 15 is 0 Å². The van der Waals surface area contributed by atoms with Gasteiger partial charge in [0.1, 0.15) is 12.3 Å². The van der Waals surface area contributed by atoms with Crippen LogP contribution in [-0.2, 0) is 24.2 Å². The van der Waals surface area contributed by atoms with Gasteiger partial charge in [-0.2, -0.15) is 5.10 Å². The number of hydrogen-bond donors (Lipinski definition) is 0. The zero-order valence-electron chi connectivity index (χ0n) is 37.9. The molecule has 1 aromatic heterocycles. The highest BCUT2D eigenvalue weighted by atomic mass is 16.5. The van der Waals surface area contributed by atoms with Gasteiger partial charge < -0.3 is 4.74 Å². The third-order valence-corrected chi connectivity index (χ3v) is 7.91. The molecule has 55 heavy (non-hydrogen) atoms. The van der Waals surface area contributed by atoms with Crippen molar-refractivity contribution in [1.82, 2.24) is 9.78 Å². The van der Waals surface area contributed by atoms with E-state index in [2.05, 4.69) is 128 Å². The third-order valence-electron chi connectivity index (χ3n) is 7.91. The Bertz CT molecular complexity index is 1440. The summed E-state index contributed by atoms with van der Waals surface area (Å²) in [5, 5.41) is 4.51. The lowest BCUT2D eigenvalue weighted by Crippen LogP contribution is -2.15. The molecule has 308 valence electrons. The predicted octanol–water partition coefficient (Wildman–Crippen LogP) is 15.1. The first-order valence-electron chi connectivity index (χ1n) is 20.9. The molecule has 3 rings (SSSR count). The van der Waals surface area contributed by atoms with Gasteiger partial charge in [0.05, 0.1) is 18.5 Å². The SMILES string of the molecule is C=C/C(=C\N=C(C)C)C(=O)Cn1nc(C=C)cc1C(=CCC)CCC.CC.CCCC.CCCCC.CCc1ccc(C)cc1.CCc1ccc(OC)cc1. The molecule has 0 aliphatic carbocycles. The number of aromatic nitrogens is 2. The van der Waals surface area contributed by atoms with E-state index in [-0.39, 0.29) is 12.3 Å². The Morgan fingerprint density at radius 3 is 1.69 bits per heavy atom. The zero-order valence-corrected chi connectivity index (χ0v) is 37.9. The van der Waals surface area contributed by atoms with Gasteiger partial charge in [0.25, 0.3) is 0 Å². The van der Waals surface area contributed by atoms with Crippen molar-refractivity contribution in [3.8, 4) is 5.75 Å². The Kier molecular flexibility index (Phi) is 38.1. The van der Waals surface area contributed by atoms with Gasteiger partial charge in [-0.1, -0.05) is 175 Å². The van der Waals surface area contributed by atoms with Crippen molar-refractivity contribution in [3.63, 3.8) is 0 Å². The van der Waals surface area contributed by atoms with Crippen LogP contribution in [0.25, 0.3) is 11.6 Å². The normalized spacial score (nSPS) is 10.1. The number of hydrogen-bond acceptors (Lipinski definition) is 4. The van der Waals surface area contributed by atoms with Crippen LogP contribution in [0.3, 0.4) is 0 Å². The van der Waals surface area contributed by atoms with Crippen molar-refractivity contribution in [2.24, 2.45) is 4.99 Å². The van der Waals surface area contributed by atoms with E-state index in [0.29, 0.717) is 5.57 Å². The van der Waals surface area contributed by atoms with Crippen LogP contribution in [0, 0.1) is 6.92 Å². The third kappa shape index (κ3) is 27.9. The highest BCUT2D eigenvalue weighted by Gasteiger charge is 2.15. The first kappa shape index (κ1) is 55.1. The fourth-order valence-corrected chi connectivity index (χ4v) is 4.47. The largest absolute Gasteiger partial charge is 0.497 e. The van der Waals surface area contributed by atoms with E-state index in [0.717, 1.165) is 55.0 Å². The summed E-state index contributed by atoms with van der Waals surface area (Å²) in [4.78, 5) is 16.8. The Morgan fingerprint density at radius 2 is 1.33 bits per heavy atom. The van der Waals surface area contributed by atoms with Crippen LogP contribution in [0.15, 0.2) is 96.7 Å². The number of carbonyl (C=O) groups excluding carboxylic acids is 1. The van der Waals surface area contributed by atoms with Gasteiger partial charge in [0.15, 0.2) is 5.78 Å². The molecule has 0 unspecified atom stereocenters. The van der Waals surface area contributed by atoms with Crippen molar-refractivity contribution in [1.29, 1.82) is 0 Å². The fourth-order valence-electron chi connectivity index (χ4n) is 4.47. The molecular weight excluding hydrogens is 675 g/mol. The molecule has 0 radical (unpaired) electrons. The number of benzene rings is 2. The monoisotopic (exact) mass is 756 g/mol. The van der Waals surface area contributed by atoms with Crippen LogP contribution in [0.4, 0.5) is 0 Å². The number of allylic oxidation sites excluding steroid dienone is 4. The molecule has 0 fully saturated rings. The lowest BCUT2D eigenvalue weighted by atomic mass is 10.1. The van der Waals surface area contributed by atoms with Crippen molar-refractivity contribution >= 4 is 23.1 Å². The lowest BCUT2D eigenvalue weighted by Gasteiger charge is -2.10. The van der Waals surface area contributed by atoms with Crippen molar-refractivity contribution in [2.75, 3.05) is 7.11 Å². The molecule has 1 heterocycles. The number of aliphatic imine (C=N–C) groups is 1. The summed E-state index contributed by atoms with van der Waals surface area (Å²) in [7, 11) is 1.68. The van der Waals surface area contributed by atoms with Gasteiger partial charge in [-0.05, 0) is 87.4 Å². The van der Waals surface area contributed by atoms with Gasteiger partial charge in [-0.25, -0.2) is 0 Å². The molecule has 0 amide bonds. The number of ketones is 1. The second-order valence-corrected chi connectivity index (χ2v) is 12.9.